The highest BCUT2D eigenvalue weighted by Gasteiger charge is 2.25. The minimum absolute atomic E-state index is 0.00185. The molecule has 0 unspecified atom stereocenters. The molecule has 25 heavy (non-hydrogen) atoms. The van der Waals surface area contributed by atoms with Gasteiger partial charge in [-0.25, -0.2) is 13.1 Å². The highest BCUT2D eigenvalue weighted by atomic mass is 35.5. The lowest BCUT2D eigenvalue weighted by molar-refractivity contribution is 0.103. The minimum atomic E-state index is -3.54. The molecule has 0 radical (unpaired) electrons. The Kier molecular flexibility index (Phi) is 5.55. The summed E-state index contributed by atoms with van der Waals surface area (Å²) in [6.07, 6.45) is 2.31. The number of aromatic hydroxyl groups is 1. The summed E-state index contributed by atoms with van der Waals surface area (Å²) in [4.78, 5) is 12.8. The molecule has 0 saturated heterocycles. The average Bonchev–Trinajstić information content (AvgIpc) is 2.89. The van der Waals surface area contributed by atoms with Crippen molar-refractivity contribution in [3.8, 4) is 5.88 Å². The second-order valence-corrected chi connectivity index (χ2v) is 8.22. The second kappa shape index (κ2) is 7.15. The predicted octanol–water partition coefficient (Wildman–Crippen LogP) is 2.60. The largest absolute Gasteiger partial charge is 0.493 e. The molecule has 0 aliphatic rings. The van der Waals surface area contributed by atoms with Gasteiger partial charge < -0.3 is 9.84 Å². The molecule has 1 N–H and O–H groups in total. The maximum atomic E-state index is 12.8. The quantitative estimate of drug-likeness (QED) is 0.766. The van der Waals surface area contributed by atoms with Crippen molar-refractivity contribution in [3.05, 3.63) is 40.0 Å². The van der Waals surface area contributed by atoms with Crippen LogP contribution in [0.4, 0.5) is 0 Å². The summed E-state index contributed by atoms with van der Waals surface area (Å²) in [6, 6.07) is 2.51. The normalized spacial score (nSPS) is 11.9. The first kappa shape index (κ1) is 19.4. The van der Waals surface area contributed by atoms with Crippen molar-refractivity contribution in [1.82, 2.24) is 9.78 Å². The minimum Gasteiger partial charge on any atom is -0.493 e. The van der Waals surface area contributed by atoms with Crippen molar-refractivity contribution in [3.63, 3.8) is 0 Å². The Morgan fingerprint density at radius 1 is 1.36 bits per heavy atom. The van der Waals surface area contributed by atoms with Gasteiger partial charge in [0.1, 0.15) is 5.56 Å². The van der Waals surface area contributed by atoms with Crippen LogP contribution in [0, 0.1) is 0 Å². The fourth-order valence-electron chi connectivity index (χ4n) is 2.44. The third-order valence-corrected chi connectivity index (χ3v) is 5.25. The average molecular weight is 387 g/mol. The highest BCUT2D eigenvalue weighted by molar-refractivity contribution is 7.90. The monoisotopic (exact) mass is 386 g/mol. The number of rotatable bonds is 6. The zero-order chi connectivity index (χ0) is 18.9. The number of carbonyl (C=O) groups is 1. The first-order valence-corrected chi connectivity index (χ1v) is 9.68. The summed E-state index contributed by atoms with van der Waals surface area (Å²) in [5, 5.41) is 14.2. The van der Waals surface area contributed by atoms with Crippen LogP contribution in [-0.2, 0) is 21.2 Å². The summed E-state index contributed by atoms with van der Waals surface area (Å²) in [6.45, 7) is 3.55. The Balaban J connectivity index is 2.60. The Bertz CT molecular complexity index is 919. The first-order valence-electron chi connectivity index (χ1n) is 7.41. The molecule has 1 heterocycles. The number of hydrogen-bond donors (Lipinski definition) is 1. The number of halogens is 1. The van der Waals surface area contributed by atoms with Crippen LogP contribution in [0.2, 0.25) is 5.02 Å². The maximum absolute atomic E-state index is 12.8. The van der Waals surface area contributed by atoms with Crippen LogP contribution in [-0.4, -0.2) is 42.5 Å². The lowest BCUT2D eigenvalue weighted by atomic mass is 10.0. The molecule has 0 spiro atoms. The summed E-state index contributed by atoms with van der Waals surface area (Å²) >= 11 is 6.29. The molecule has 2 rings (SSSR count). The Morgan fingerprint density at radius 2 is 2.00 bits per heavy atom. The van der Waals surface area contributed by atoms with Crippen molar-refractivity contribution in [1.29, 1.82) is 0 Å². The second-order valence-electron chi connectivity index (χ2n) is 5.86. The van der Waals surface area contributed by atoms with E-state index in [4.69, 9.17) is 16.3 Å². The molecule has 2 aromatic rings. The summed E-state index contributed by atoms with van der Waals surface area (Å²) in [5.74, 6) is -0.816. The van der Waals surface area contributed by atoms with Gasteiger partial charge in [-0.2, -0.15) is 5.10 Å². The Hall–Kier alpha value is -1.90. The molecule has 1 aromatic carbocycles. The molecule has 0 amide bonds. The van der Waals surface area contributed by atoms with Crippen molar-refractivity contribution >= 4 is 27.2 Å². The number of hydrogen-bond acceptors (Lipinski definition) is 6. The van der Waals surface area contributed by atoms with E-state index in [0.29, 0.717) is 0 Å². The molecule has 136 valence electrons. The number of nitrogens with zero attached hydrogens (tertiary/aromatic N) is 2. The lowest BCUT2D eigenvalue weighted by Gasteiger charge is -2.13. The van der Waals surface area contributed by atoms with Crippen LogP contribution >= 0.6 is 11.6 Å². The molecule has 9 heteroatoms. The number of ketones is 1. The van der Waals surface area contributed by atoms with Crippen LogP contribution in [0.3, 0.4) is 0 Å². The van der Waals surface area contributed by atoms with E-state index in [2.05, 4.69) is 5.10 Å². The van der Waals surface area contributed by atoms with Crippen molar-refractivity contribution in [2.75, 3.05) is 13.4 Å². The number of methoxy groups -OCH3 is 1. The van der Waals surface area contributed by atoms with Gasteiger partial charge in [0, 0.05) is 24.5 Å². The Morgan fingerprint density at radius 3 is 2.48 bits per heavy atom. The zero-order valence-corrected chi connectivity index (χ0v) is 15.8. The van der Waals surface area contributed by atoms with Gasteiger partial charge in [-0.05, 0) is 26.0 Å². The topological polar surface area (TPSA) is 98.5 Å². The first-order chi connectivity index (χ1) is 11.6. The van der Waals surface area contributed by atoms with Crippen molar-refractivity contribution in [2.45, 2.75) is 31.4 Å². The van der Waals surface area contributed by atoms with Gasteiger partial charge in [-0.3, -0.25) is 4.79 Å². The molecule has 0 bridgehead atoms. The summed E-state index contributed by atoms with van der Waals surface area (Å²) < 4.78 is 30.1. The van der Waals surface area contributed by atoms with Crippen LogP contribution in [0.5, 0.6) is 5.88 Å². The van der Waals surface area contributed by atoms with Crippen molar-refractivity contribution < 1.29 is 23.1 Å². The maximum Gasteiger partial charge on any atom is 0.221 e. The van der Waals surface area contributed by atoms with Gasteiger partial charge in [0.05, 0.1) is 28.8 Å². The van der Waals surface area contributed by atoms with E-state index >= 15 is 0 Å². The van der Waals surface area contributed by atoms with E-state index in [0.717, 1.165) is 6.26 Å². The van der Waals surface area contributed by atoms with Gasteiger partial charge >= 0.3 is 0 Å². The molecular weight excluding hydrogens is 368 g/mol. The molecule has 0 aliphatic heterocycles. The fourth-order valence-corrected chi connectivity index (χ4v) is 3.73. The van der Waals surface area contributed by atoms with E-state index in [-0.39, 0.29) is 45.1 Å². The predicted molar refractivity (Wildman–Crippen MR) is 93.0 cm³/mol. The fraction of sp³-hybridized carbons (Fsp3) is 0.375. The molecular formula is C16H19ClN2O5S. The van der Waals surface area contributed by atoms with Gasteiger partial charge in [-0.15, -0.1) is 0 Å². The molecule has 0 aliphatic carbocycles. The van der Waals surface area contributed by atoms with Gasteiger partial charge in [-0.1, -0.05) is 11.6 Å². The third-order valence-electron chi connectivity index (χ3n) is 3.64. The Labute approximate surface area is 151 Å². The molecule has 1 aromatic heterocycles. The third kappa shape index (κ3) is 3.70. The van der Waals surface area contributed by atoms with Crippen LogP contribution in [0.15, 0.2) is 23.2 Å². The van der Waals surface area contributed by atoms with E-state index in [1.54, 1.807) is 0 Å². The lowest BCUT2D eigenvalue weighted by Crippen LogP contribution is -2.09. The standard InChI is InChI=1S/C16H19ClN2O5S/c1-9(2)19-16(21)11(7-18-19)15(20)10-5-6-13(25(4,22)23)12(8-24-3)14(10)17/h5-7,9,21H,8H2,1-4H3. The molecule has 0 saturated carbocycles. The number of benzene rings is 1. The van der Waals surface area contributed by atoms with Crippen LogP contribution in [0.25, 0.3) is 0 Å². The number of sulfone groups is 1. The van der Waals surface area contributed by atoms with Crippen LogP contribution in [0.1, 0.15) is 41.4 Å². The summed E-state index contributed by atoms with van der Waals surface area (Å²) in [7, 11) is -2.14. The van der Waals surface area contributed by atoms with E-state index in [1.165, 1.54) is 30.1 Å². The van der Waals surface area contributed by atoms with Gasteiger partial charge in [0.25, 0.3) is 0 Å². The van der Waals surface area contributed by atoms with E-state index < -0.39 is 15.6 Å². The van der Waals surface area contributed by atoms with Gasteiger partial charge in [0.2, 0.25) is 11.7 Å². The zero-order valence-electron chi connectivity index (χ0n) is 14.3. The molecule has 0 atom stereocenters. The highest BCUT2D eigenvalue weighted by Crippen LogP contribution is 2.32. The van der Waals surface area contributed by atoms with E-state index in [9.17, 15) is 18.3 Å². The number of carbonyl (C=O) groups excluding carboxylic acids is 1. The number of aromatic nitrogens is 2. The van der Waals surface area contributed by atoms with Crippen molar-refractivity contribution in [2.24, 2.45) is 0 Å². The molecule has 0 fully saturated rings. The number of ether oxygens (including phenoxy) is 1. The molecule has 7 nitrogen and oxygen atoms in total. The SMILES string of the molecule is COCc1c(S(C)(=O)=O)ccc(C(=O)c2cnn(C(C)C)c2O)c1Cl. The van der Waals surface area contributed by atoms with E-state index in [1.807, 2.05) is 13.8 Å². The van der Waals surface area contributed by atoms with Crippen LogP contribution < -0.4 is 0 Å². The smallest absolute Gasteiger partial charge is 0.221 e. The van der Waals surface area contributed by atoms with Gasteiger partial charge in [0.15, 0.2) is 9.84 Å². The summed E-state index contributed by atoms with van der Waals surface area (Å²) in [5.41, 5.74) is 0.263.